The van der Waals surface area contributed by atoms with E-state index >= 15 is 0 Å². The number of carbonyl (C=O) groups excluding carboxylic acids is 2. The number of thioether (sulfide) groups is 1. The summed E-state index contributed by atoms with van der Waals surface area (Å²) in [5.41, 5.74) is 2.48. The second-order valence-corrected chi connectivity index (χ2v) is 9.93. The van der Waals surface area contributed by atoms with Gasteiger partial charge in [0, 0.05) is 20.1 Å². The summed E-state index contributed by atoms with van der Waals surface area (Å²) < 4.78 is 0. The molecule has 0 radical (unpaired) electrons. The first-order valence-corrected chi connectivity index (χ1v) is 11.3. The summed E-state index contributed by atoms with van der Waals surface area (Å²) in [6.07, 6.45) is 2.94. The Labute approximate surface area is 173 Å². The first-order chi connectivity index (χ1) is 13.3. The lowest BCUT2D eigenvalue weighted by Crippen LogP contribution is -2.51. The van der Waals surface area contributed by atoms with Gasteiger partial charge in [-0.25, -0.2) is 0 Å². The second kappa shape index (κ2) is 8.87. The number of amides is 2. The number of rotatable bonds is 6. The molecule has 0 aliphatic carbocycles. The predicted octanol–water partition coefficient (Wildman–Crippen LogP) is 3.06. The summed E-state index contributed by atoms with van der Waals surface area (Å²) in [7, 11) is 1.92. The van der Waals surface area contributed by atoms with E-state index in [0.29, 0.717) is 18.2 Å². The molecule has 5 nitrogen and oxygen atoms in total. The minimum Gasteiger partial charge on any atom is -0.348 e. The van der Waals surface area contributed by atoms with Gasteiger partial charge in [-0.2, -0.15) is 0 Å². The molecular formula is C22H33N3O2S. The highest BCUT2D eigenvalue weighted by Gasteiger charge is 2.45. The number of benzene rings is 1. The van der Waals surface area contributed by atoms with Gasteiger partial charge in [0.05, 0.1) is 23.2 Å². The summed E-state index contributed by atoms with van der Waals surface area (Å²) in [5.74, 6) is 1.53. The monoisotopic (exact) mass is 403 g/mol. The Morgan fingerprint density at radius 3 is 2.36 bits per heavy atom. The third-order valence-corrected chi connectivity index (χ3v) is 7.57. The fourth-order valence-corrected chi connectivity index (χ4v) is 5.50. The minimum absolute atomic E-state index is 0.00544. The summed E-state index contributed by atoms with van der Waals surface area (Å²) >= 11 is 1.76. The molecule has 3 rings (SSSR count). The van der Waals surface area contributed by atoms with Crippen molar-refractivity contribution < 1.29 is 9.59 Å². The number of piperidine rings is 1. The molecule has 1 atom stereocenters. The van der Waals surface area contributed by atoms with Crippen LogP contribution in [0, 0.1) is 5.92 Å². The summed E-state index contributed by atoms with van der Waals surface area (Å²) in [6, 6.07) is 8.58. The van der Waals surface area contributed by atoms with Gasteiger partial charge in [0.15, 0.2) is 0 Å². The second-order valence-electron chi connectivity index (χ2n) is 8.59. The Kier molecular flexibility index (Phi) is 6.71. The van der Waals surface area contributed by atoms with Crippen LogP contribution in [-0.4, -0.2) is 58.9 Å². The quantitative estimate of drug-likeness (QED) is 0.793. The van der Waals surface area contributed by atoms with E-state index in [2.05, 4.69) is 48.3 Å². The molecule has 0 unspecified atom stereocenters. The van der Waals surface area contributed by atoms with Crippen LogP contribution in [-0.2, 0) is 16.0 Å². The highest BCUT2D eigenvalue weighted by Crippen LogP contribution is 2.43. The van der Waals surface area contributed by atoms with E-state index in [1.165, 1.54) is 5.56 Å². The van der Waals surface area contributed by atoms with Crippen molar-refractivity contribution in [3.8, 4) is 0 Å². The van der Waals surface area contributed by atoms with Gasteiger partial charge < -0.3 is 10.2 Å². The highest BCUT2D eigenvalue weighted by molar-refractivity contribution is 8.01. The molecule has 2 heterocycles. The minimum atomic E-state index is -0.0465. The first kappa shape index (κ1) is 21.2. The smallest absolute Gasteiger partial charge is 0.234 e. The molecule has 2 saturated heterocycles. The van der Waals surface area contributed by atoms with Gasteiger partial charge in [-0.3, -0.25) is 14.5 Å². The van der Waals surface area contributed by atoms with Crippen LogP contribution >= 0.6 is 11.8 Å². The molecular weight excluding hydrogens is 370 g/mol. The largest absolute Gasteiger partial charge is 0.348 e. The van der Waals surface area contributed by atoms with Crippen molar-refractivity contribution in [1.82, 2.24) is 15.1 Å². The predicted molar refractivity (Wildman–Crippen MR) is 115 cm³/mol. The van der Waals surface area contributed by atoms with Gasteiger partial charge in [-0.05, 0) is 43.2 Å². The van der Waals surface area contributed by atoms with E-state index < -0.39 is 0 Å². The lowest BCUT2D eigenvalue weighted by Gasteiger charge is -2.42. The van der Waals surface area contributed by atoms with Crippen molar-refractivity contribution in [1.29, 1.82) is 0 Å². The molecule has 1 N–H and O–H groups in total. The van der Waals surface area contributed by atoms with Crippen molar-refractivity contribution in [2.75, 3.05) is 32.4 Å². The van der Waals surface area contributed by atoms with E-state index in [1.807, 2.05) is 18.9 Å². The molecule has 0 bridgehead atoms. The van der Waals surface area contributed by atoms with Crippen LogP contribution in [0.2, 0.25) is 0 Å². The van der Waals surface area contributed by atoms with Gasteiger partial charge >= 0.3 is 0 Å². The molecule has 6 heteroatoms. The average molecular weight is 404 g/mol. The van der Waals surface area contributed by atoms with Gasteiger partial charge in [0.25, 0.3) is 0 Å². The lowest BCUT2D eigenvalue weighted by molar-refractivity contribution is -0.130. The number of nitrogens with zero attached hydrogens (tertiary/aromatic N) is 2. The van der Waals surface area contributed by atoms with Gasteiger partial charge in [0.1, 0.15) is 0 Å². The van der Waals surface area contributed by atoms with Crippen molar-refractivity contribution in [2.24, 2.45) is 5.92 Å². The maximum atomic E-state index is 12.5. The Morgan fingerprint density at radius 2 is 1.82 bits per heavy atom. The Hall–Kier alpha value is -1.53. The van der Waals surface area contributed by atoms with Crippen LogP contribution in [0.25, 0.3) is 0 Å². The average Bonchev–Trinajstić information content (AvgIpc) is 2.92. The molecule has 1 aromatic rings. The molecule has 2 aliphatic rings. The number of carbonyl (C=O) groups is 2. The maximum absolute atomic E-state index is 12.5. The molecule has 1 aromatic carbocycles. The molecule has 28 heavy (non-hydrogen) atoms. The number of hydrogen-bond acceptors (Lipinski definition) is 4. The van der Waals surface area contributed by atoms with Crippen molar-refractivity contribution in [3.05, 3.63) is 35.4 Å². The number of nitrogens with one attached hydrogen (secondary N) is 1. The number of hydrogen-bond donors (Lipinski definition) is 1. The topological polar surface area (TPSA) is 52.7 Å². The zero-order valence-corrected chi connectivity index (χ0v) is 18.3. The Morgan fingerprint density at radius 1 is 1.18 bits per heavy atom. The van der Waals surface area contributed by atoms with Crippen molar-refractivity contribution in [3.63, 3.8) is 0 Å². The van der Waals surface area contributed by atoms with Crippen molar-refractivity contribution >= 4 is 23.6 Å². The van der Waals surface area contributed by atoms with Crippen LogP contribution in [0.15, 0.2) is 24.3 Å². The van der Waals surface area contributed by atoms with Crippen LogP contribution in [0.4, 0.5) is 0 Å². The third kappa shape index (κ3) is 4.90. The third-order valence-electron chi connectivity index (χ3n) is 5.96. The fourth-order valence-electron chi connectivity index (χ4n) is 4.14. The molecule has 0 saturated carbocycles. The highest BCUT2D eigenvalue weighted by atomic mass is 32.2. The van der Waals surface area contributed by atoms with E-state index in [9.17, 15) is 9.59 Å². The summed E-state index contributed by atoms with van der Waals surface area (Å²) in [6.45, 7) is 8.62. The zero-order chi connectivity index (χ0) is 20.3. The van der Waals surface area contributed by atoms with E-state index in [0.717, 1.165) is 37.9 Å². The van der Waals surface area contributed by atoms with Crippen LogP contribution in [0.3, 0.4) is 0 Å². The summed E-state index contributed by atoms with van der Waals surface area (Å²) in [4.78, 5) is 28.5. The SMILES string of the molecule is CC(C)Cc1ccc([C@@H](C)NC(=O)CN2CCC3(CC2)SCC(=O)N3C)cc1. The van der Waals surface area contributed by atoms with Gasteiger partial charge in [0.2, 0.25) is 11.8 Å². The molecule has 154 valence electrons. The van der Waals surface area contributed by atoms with Crippen LogP contribution in [0.1, 0.15) is 50.8 Å². The Balaban J connectivity index is 1.46. The van der Waals surface area contributed by atoms with Crippen LogP contribution < -0.4 is 5.32 Å². The zero-order valence-electron chi connectivity index (χ0n) is 17.5. The molecule has 0 aromatic heterocycles. The molecule has 2 fully saturated rings. The van der Waals surface area contributed by atoms with Crippen molar-refractivity contribution in [2.45, 2.75) is 50.9 Å². The van der Waals surface area contributed by atoms with Gasteiger partial charge in [-0.15, -0.1) is 11.8 Å². The fraction of sp³-hybridized carbons (Fsp3) is 0.636. The standard InChI is InChI=1S/C22H33N3O2S/c1-16(2)13-18-5-7-19(8-6-18)17(3)23-20(26)14-25-11-9-22(10-12-25)24(4)21(27)15-28-22/h5-8,16-17H,9-15H2,1-4H3,(H,23,26)/t17-/m1/s1. The Bertz CT molecular complexity index is 696. The maximum Gasteiger partial charge on any atom is 0.234 e. The first-order valence-electron chi connectivity index (χ1n) is 10.3. The van der Waals surface area contributed by atoms with E-state index in [1.54, 1.807) is 11.8 Å². The summed E-state index contributed by atoms with van der Waals surface area (Å²) in [5, 5.41) is 3.13. The lowest BCUT2D eigenvalue weighted by atomic mass is 10.00. The molecule has 2 amide bonds. The normalized spacial score (nSPS) is 20.8. The van der Waals surface area contributed by atoms with Gasteiger partial charge in [-0.1, -0.05) is 38.1 Å². The molecule has 2 aliphatic heterocycles. The molecule has 1 spiro atoms. The van der Waals surface area contributed by atoms with E-state index in [4.69, 9.17) is 0 Å². The van der Waals surface area contributed by atoms with E-state index in [-0.39, 0.29) is 22.7 Å². The number of likely N-dealkylation sites (tertiary alicyclic amines) is 1. The van der Waals surface area contributed by atoms with Crippen LogP contribution in [0.5, 0.6) is 0 Å².